The summed E-state index contributed by atoms with van der Waals surface area (Å²) in [7, 11) is 1.26. The van der Waals surface area contributed by atoms with Crippen LogP contribution >= 0.6 is 22.9 Å². The van der Waals surface area contributed by atoms with E-state index in [1.807, 2.05) is 0 Å². The Balaban J connectivity index is 1.79. The van der Waals surface area contributed by atoms with Gasteiger partial charge < -0.3 is 20.3 Å². The number of carbonyl (C=O) groups is 3. The second-order valence-corrected chi connectivity index (χ2v) is 9.53. The molecule has 2 heterocycles. The van der Waals surface area contributed by atoms with Crippen molar-refractivity contribution in [2.24, 2.45) is 0 Å². The number of morpholine rings is 1. The smallest absolute Gasteiger partial charge is 0.265 e. The summed E-state index contributed by atoms with van der Waals surface area (Å²) < 4.78 is 59.1. The maximum absolute atomic E-state index is 13.8. The van der Waals surface area contributed by atoms with Gasteiger partial charge in [0.15, 0.2) is 0 Å². The second-order valence-electron chi connectivity index (χ2n) is 7.82. The number of amides is 3. The first-order valence-electron chi connectivity index (χ1n) is 10.7. The van der Waals surface area contributed by atoms with Crippen molar-refractivity contribution in [3.05, 3.63) is 45.1 Å². The fourth-order valence-corrected chi connectivity index (χ4v) is 4.49. The van der Waals surface area contributed by atoms with Crippen LogP contribution in [0.3, 0.4) is 0 Å². The van der Waals surface area contributed by atoms with E-state index in [1.165, 1.54) is 36.2 Å². The molecule has 0 radical (unpaired) electrons. The lowest BCUT2D eigenvalue weighted by molar-refractivity contribution is -0.125. The topological polar surface area (TPSA) is 91.0 Å². The van der Waals surface area contributed by atoms with Crippen molar-refractivity contribution in [2.45, 2.75) is 18.9 Å². The van der Waals surface area contributed by atoms with Gasteiger partial charge in [-0.1, -0.05) is 11.6 Å². The lowest BCUT2D eigenvalue weighted by atomic mass is 10.1. The van der Waals surface area contributed by atoms with Crippen LogP contribution in [-0.4, -0.2) is 75.0 Å². The lowest BCUT2D eigenvalue weighted by Crippen LogP contribution is -2.50. The molecule has 1 saturated heterocycles. The van der Waals surface area contributed by atoms with Crippen LogP contribution in [0, 0.1) is 0 Å². The van der Waals surface area contributed by atoms with Crippen molar-refractivity contribution in [1.29, 1.82) is 0 Å². The highest BCUT2D eigenvalue weighted by molar-refractivity contribution is 7.18. The van der Waals surface area contributed by atoms with Gasteiger partial charge in [-0.2, -0.15) is 0 Å². The number of alkyl halides is 4. The standard InChI is InChI=1S/C22H23ClF4N4O4S/c1-30(10-18(24)25)15(9-28-22(34)16-4-5-17(23)36-16)21(33)29-14-3-2-12(8-13(14)20(26)27)31-6-7-35-11-19(31)32/h2-5,8,15,18,20H,6-7,9-11H2,1H3,(H,28,34)(H,29,33)/t15-/m0/s1. The van der Waals surface area contributed by atoms with Gasteiger partial charge in [-0.05, 0) is 37.4 Å². The van der Waals surface area contributed by atoms with Crippen LogP contribution in [0.25, 0.3) is 0 Å². The van der Waals surface area contributed by atoms with E-state index in [2.05, 4.69) is 10.6 Å². The summed E-state index contributed by atoms with van der Waals surface area (Å²) in [5.41, 5.74) is -0.580. The molecule has 36 heavy (non-hydrogen) atoms. The number of carbonyl (C=O) groups excluding carboxylic acids is 3. The first-order chi connectivity index (χ1) is 17.1. The SMILES string of the molecule is CN(CC(F)F)[C@@H](CNC(=O)c1ccc(Cl)s1)C(=O)Nc1ccc(N2CCOCC2=O)cc1C(F)F. The van der Waals surface area contributed by atoms with E-state index in [4.69, 9.17) is 16.3 Å². The summed E-state index contributed by atoms with van der Waals surface area (Å²) in [5, 5.41) is 4.84. The Morgan fingerprint density at radius 1 is 1.22 bits per heavy atom. The zero-order valence-corrected chi connectivity index (χ0v) is 20.6. The van der Waals surface area contributed by atoms with Gasteiger partial charge in [-0.3, -0.25) is 19.3 Å². The first kappa shape index (κ1) is 27.8. The van der Waals surface area contributed by atoms with E-state index in [0.717, 1.165) is 22.3 Å². The molecule has 2 aromatic rings. The Morgan fingerprint density at radius 2 is 1.97 bits per heavy atom. The number of hydrogen-bond acceptors (Lipinski definition) is 6. The Labute approximate surface area is 213 Å². The number of likely N-dealkylation sites (N-methyl/N-ethyl adjacent to an activating group) is 1. The van der Waals surface area contributed by atoms with Gasteiger partial charge in [0.2, 0.25) is 5.91 Å². The molecule has 0 saturated carbocycles. The molecule has 0 unspecified atom stereocenters. The molecule has 8 nitrogen and oxygen atoms in total. The molecular weight excluding hydrogens is 528 g/mol. The maximum Gasteiger partial charge on any atom is 0.265 e. The molecule has 14 heteroatoms. The van der Waals surface area contributed by atoms with Gasteiger partial charge in [0, 0.05) is 30.0 Å². The van der Waals surface area contributed by atoms with E-state index >= 15 is 0 Å². The Bertz CT molecular complexity index is 1100. The van der Waals surface area contributed by atoms with Crippen LogP contribution in [0.4, 0.5) is 28.9 Å². The molecular formula is C22H23ClF4N4O4S. The van der Waals surface area contributed by atoms with Crippen molar-refractivity contribution in [1.82, 2.24) is 10.2 Å². The zero-order valence-electron chi connectivity index (χ0n) is 19.0. The quantitative estimate of drug-likeness (QED) is 0.441. The minimum atomic E-state index is -3.00. The van der Waals surface area contributed by atoms with Gasteiger partial charge in [-0.25, -0.2) is 17.6 Å². The van der Waals surface area contributed by atoms with Crippen LogP contribution in [0.5, 0.6) is 0 Å². The number of halogens is 5. The zero-order chi connectivity index (χ0) is 26.4. The number of hydrogen-bond donors (Lipinski definition) is 2. The Kier molecular flexibility index (Phi) is 9.65. The molecule has 1 aliphatic heterocycles. The molecule has 3 amide bonds. The minimum absolute atomic E-state index is 0.177. The molecule has 1 aromatic heterocycles. The molecule has 1 atom stereocenters. The predicted octanol–water partition coefficient (Wildman–Crippen LogP) is 3.64. The van der Waals surface area contributed by atoms with Crippen molar-refractivity contribution in [2.75, 3.05) is 50.1 Å². The third-order valence-electron chi connectivity index (χ3n) is 5.34. The fraction of sp³-hybridized carbons (Fsp3) is 0.409. The number of nitrogens with one attached hydrogen (secondary N) is 2. The van der Waals surface area contributed by atoms with E-state index < -0.39 is 48.7 Å². The second kappa shape index (κ2) is 12.5. The molecule has 0 aliphatic carbocycles. The number of anilines is 2. The van der Waals surface area contributed by atoms with Crippen molar-refractivity contribution in [3.63, 3.8) is 0 Å². The maximum atomic E-state index is 13.8. The fourth-order valence-electron chi connectivity index (χ4n) is 3.53. The molecule has 1 fully saturated rings. The normalized spacial score (nSPS) is 15.0. The molecule has 0 spiro atoms. The van der Waals surface area contributed by atoms with Crippen LogP contribution in [0.1, 0.15) is 21.7 Å². The Morgan fingerprint density at radius 3 is 2.58 bits per heavy atom. The van der Waals surface area contributed by atoms with Gasteiger partial charge in [0.1, 0.15) is 12.6 Å². The number of nitrogens with zero attached hydrogens (tertiary/aromatic N) is 2. The third-order valence-corrected chi connectivity index (χ3v) is 6.57. The summed E-state index contributed by atoms with van der Waals surface area (Å²) in [6.45, 7) is -0.908. The van der Waals surface area contributed by atoms with E-state index in [-0.39, 0.29) is 42.6 Å². The van der Waals surface area contributed by atoms with Crippen LogP contribution in [0.15, 0.2) is 30.3 Å². The van der Waals surface area contributed by atoms with E-state index in [0.29, 0.717) is 4.34 Å². The molecule has 0 bridgehead atoms. The summed E-state index contributed by atoms with van der Waals surface area (Å²) in [6, 6.07) is 5.37. The summed E-state index contributed by atoms with van der Waals surface area (Å²) in [5.74, 6) is -1.84. The van der Waals surface area contributed by atoms with Crippen LogP contribution < -0.4 is 15.5 Å². The third kappa shape index (κ3) is 7.15. The van der Waals surface area contributed by atoms with E-state index in [1.54, 1.807) is 0 Å². The molecule has 196 valence electrons. The lowest BCUT2D eigenvalue weighted by Gasteiger charge is -2.29. The number of benzene rings is 1. The molecule has 1 aromatic carbocycles. The highest BCUT2D eigenvalue weighted by Gasteiger charge is 2.29. The predicted molar refractivity (Wildman–Crippen MR) is 127 cm³/mol. The van der Waals surface area contributed by atoms with Gasteiger partial charge in [-0.15, -0.1) is 11.3 Å². The van der Waals surface area contributed by atoms with Gasteiger partial charge >= 0.3 is 0 Å². The average molecular weight is 551 g/mol. The highest BCUT2D eigenvalue weighted by atomic mass is 35.5. The Hall–Kier alpha value is -2.74. The van der Waals surface area contributed by atoms with Crippen molar-refractivity contribution < 1.29 is 36.7 Å². The largest absolute Gasteiger partial charge is 0.370 e. The average Bonchev–Trinajstić information content (AvgIpc) is 3.25. The van der Waals surface area contributed by atoms with Crippen LogP contribution in [0.2, 0.25) is 4.34 Å². The number of thiophene rings is 1. The van der Waals surface area contributed by atoms with Gasteiger partial charge in [0.05, 0.1) is 22.4 Å². The summed E-state index contributed by atoms with van der Waals surface area (Å²) in [4.78, 5) is 40.0. The molecule has 2 N–H and O–H groups in total. The number of rotatable bonds is 10. The summed E-state index contributed by atoms with van der Waals surface area (Å²) in [6.07, 6.45) is -5.78. The monoisotopic (exact) mass is 550 g/mol. The first-order valence-corrected chi connectivity index (χ1v) is 11.9. The summed E-state index contributed by atoms with van der Waals surface area (Å²) >= 11 is 6.81. The highest BCUT2D eigenvalue weighted by Crippen LogP contribution is 2.32. The van der Waals surface area contributed by atoms with Gasteiger partial charge in [0.25, 0.3) is 24.7 Å². The van der Waals surface area contributed by atoms with Crippen molar-refractivity contribution >= 4 is 52.0 Å². The van der Waals surface area contributed by atoms with Crippen LogP contribution in [-0.2, 0) is 14.3 Å². The molecule has 3 rings (SSSR count). The molecule has 1 aliphatic rings. The minimum Gasteiger partial charge on any atom is -0.370 e. The van der Waals surface area contributed by atoms with Crippen molar-refractivity contribution in [3.8, 4) is 0 Å². The van der Waals surface area contributed by atoms with E-state index in [9.17, 15) is 31.9 Å². The number of ether oxygens (including phenoxy) is 1.